The zero-order valence-electron chi connectivity index (χ0n) is 13.1. The van der Waals surface area contributed by atoms with E-state index in [2.05, 4.69) is 0 Å². The lowest BCUT2D eigenvalue weighted by molar-refractivity contribution is -0.143. The Kier molecular flexibility index (Phi) is 4.85. The quantitative estimate of drug-likeness (QED) is 0.851. The van der Waals surface area contributed by atoms with E-state index >= 15 is 0 Å². The van der Waals surface area contributed by atoms with Crippen LogP contribution in [0.4, 0.5) is 0 Å². The number of carbonyl (C=O) groups excluding carboxylic acids is 1. The third-order valence-electron chi connectivity index (χ3n) is 3.44. The average Bonchev–Trinajstić information content (AvgIpc) is 2.45. The minimum absolute atomic E-state index is 0.00798. The summed E-state index contributed by atoms with van der Waals surface area (Å²) in [5.41, 5.74) is 0.249. The topological polar surface area (TPSA) is 48.0 Å². The Morgan fingerprint density at radius 1 is 1.43 bits per heavy atom. The number of hydrogen-bond acceptors (Lipinski definition) is 4. The van der Waals surface area contributed by atoms with Crippen LogP contribution in [0.15, 0.2) is 24.3 Å². The summed E-state index contributed by atoms with van der Waals surface area (Å²) < 4.78 is 16.3. The summed E-state index contributed by atoms with van der Waals surface area (Å²) in [6, 6.07) is 7.22. The highest BCUT2D eigenvalue weighted by Crippen LogP contribution is 2.23. The number of nitrogens with zero attached hydrogens (tertiary/aromatic N) is 1. The van der Waals surface area contributed by atoms with Gasteiger partial charge in [0.05, 0.1) is 25.4 Å². The van der Waals surface area contributed by atoms with Crippen LogP contribution in [0, 0.1) is 0 Å². The number of hydrogen-bond donors (Lipinski definition) is 0. The largest absolute Gasteiger partial charge is 0.497 e. The fourth-order valence-corrected chi connectivity index (χ4v) is 2.66. The number of morpholine rings is 1. The number of carbonyl (C=O) groups is 1. The van der Waals surface area contributed by atoms with Gasteiger partial charge in [-0.2, -0.15) is 0 Å². The molecular formula is C16H23NO4. The van der Waals surface area contributed by atoms with Gasteiger partial charge in [-0.05, 0) is 32.0 Å². The summed E-state index contributed by atoms with van der Waals surface area (Å²) in [5, 5.41) is 0. The smallest absolute Gasteiger partial charge is 0.254 e. The lowest BCUT2D eigenvalue weighted by Gasteiger charge is -2.42. The molecule has 1 atom stereocenters. The van der Waals surface area contributed by atoms with Crippen molar-refractivity contribution in [2.24, 2.45) is 0 Å². The van der Waals surface area contributed by atoms with Crippen LogP contribution in [0.2, 0.25) is 0 Å². The lowest BCUT2D eigenvalue weighted by Crippen LogP contribution is -2.55. The minimum Gasteiger partial charge on any atom is -0.497 e. The first-order valence-corrected chi connectivity index (χ1v) is 7.05. The van der Waals surface area contributed by atoms with E-state index in [-0.39, 0.29) is 17.6 Å². The van der Waals surface area contributed by atoms with Crippen molar-refractivity contribution in [3.05, 3.63) is 29.8 Å². The van der Waals surface area contributed by atoms with E-state index in [4.69, 9.17) is 14.2 Å². The zero-order valence-corrected chi connectivity index (χ0v) is 13.1. The summed E-state index contributed by atoms with van der Waals surface area (Å²) >= 11 is 0. The molecule has 0 aromatic heterocycles. The third kappa shape index (κ3) is 3.95. The molecule has 0 unspecified atom stereocenters. The summed E-state index contributed by atoms with van der Waals surface area (Å²) in [4.78, 5) is 14.5. The summed E-state index contributed by atoms with van der Waals surface area (Å²) in [5.74, 6) is 0.674. The molecule has 1 aromatic rings. The fraction of sp³-hybridized carbons (Fsp3) is 0.562. The predicted molar refractivity (Wildman–Crippen MR) is 79.7 cm³/mol. The van der Waals surface area contributed by atoms with E-state index in [9.17, 15) is 4.79 Å². The van der Waals surface area contributed by atoms with Gasteiger partial charge in [-0.1, -0.05) is 6.07 Å². The van der Waals surface area contributed by atoms with Crippen LogP contribution in [0.25, 0.3) is 0 Å². The number of benzene rings is 1. The second kappa shape index (κ2) is 6.45. The highest BCUT2D eigenvalue weighted by atomic mass is 16.5. The van der Waals surface area contributed by atoms with Crippen molar-refractivity contribution in [1.29, 1.82) is 0 Å². The maximum atomic E-state index is 12.7. The van der Waals surface area contributed by atoms with Crippen LogP contribution >= 0.6 is 0 Å². The number of ether oxygens (including phenoxy) is 3. The van der Waals surface area contributed by atoms with Crippen LogP contribution in [0.1, 0.15) is 24.2 Å². The molecule has 0 radical (unpaired) electrons. The molecule has 1 heterocycles. The Bertz CT molecular complexity index is 501. The van der Waals surface area contributed by atoms with Gasteiger partial charge in [-0.3, -0.25) is 4.79 Å². The Hall–Kier alpha value is -1.59. The van der Waals surface area contributed by atoms with Crippen LogP contribution in [-0.4, -0.2) is 56.4 Å². The molecule has 5 heteroatoms. The number of rotatable bonds is 4. The van der Waals surface area contributed by atoms with Crippen molar-refractivity contribution in [1.82, 2.24) is 4.90 Å². The summed E-state index contributed by atoms with van der Waals surface area (Å²) in [6.45, 7) is 5.54. The van der Waals surface area contributed by atoms with Crippen LogP contribution in [-0.2, 0) is 9.47 Å². The van der Waals surface area contributed by atoms with Gasteiger partial charge in [0, 0.05) is 25.8 Å². The van der Waals surface area contributed by atoms with E-state index in [1.807, 2.05) is 30.9 Å². The minimum atomic E-state index is -0.379. The zero-order chi connectivity index (χ0) is 15.5. The Morgan fingerprint density at radius 2 is 2.19 bits per heavy atom. The first-order chi connectivity index (χ1) is 9.95. The van der Waals surface area contributed by atoms with Crippen molar-refractivity contribution in [3.8, 4) is 5.75 Å². The molecule has 2 rings (SSSR count). The van der Waals surface area contributed by atoms with Crippen LogP contribution < -0.4 is 4.74 Å². The van der Waals surface area contributed by atoms with Gasteiger partial charge in [-0.15, -0.1) is 0 Å². The van der Waals surface area contributed by atoms with Gasteiger partial charge in [0.25, 0.3) is 5.91 Å². The van der Waals surface area contributed by atoms with E-state index in [1.54, 1.807) is 26.4 Å². The van der Waals surface area contributed by atoms with E-state index in [0.29, 0.717) is 31.0 Å². The van der Waals surface area contributed by atoms with E-state index < -0.39 is 0 Å². The molecule has 1 fully saturated rings. The monoisotopic (exact) mass is 293 g/mol. The Balaban J connectivity index is 2.16. The van der Waals surface area contributed by atoms with Gasteiger partial charge < -0.3 is 19.1 Å². The van der Waals surface area contributed by atoms with Gasteiger partial charge >= 0.3 is 0 Å². The maximum Gasteiger partial charge on any atom is 0.254 e. The molecule has 116 valence electrons. The molecule has 0 spiro atoms. The maximum absolute atomic E-state index is 12.7. The molecule has 0 saturated carbocycles. The molecule has 0 bridgehead atoms. The van der Waals surface area contributed by atoms with Crippen molar-refractivity contribution in [2.45, 2.75) is 25.6 Å². The van der Waals surface area contributed by atoms with Gasteiger partial charge in [0.1, 0.15) is 5.75 Å². The molecule has 1 aliphatic rings. The summed E-state index contributed by atoms with van der Waals surface area (Å²) in [7, 11) is 3.23. The van der Waals surface area contributed by atoms with Gasteiger partial charge in [0.2, 0.25) is 0 Å². The second-order valence-electron chi connectivity index (χ2n) is 5.87. The third-order valence-corrected chi connectivity index (χ3v) is 3.44. The van der Waals surface area contributed by atoms with Gasteiger partial charge in [0.15, 0.2) is 0 Å². The molecule has 1 aliphatic heterocycles. The van der Waals surface area contributed by atoms with Crippen LogP contribution in [0.3, 0.4) is 0 Å². The van der Waals surface area contributed by atoms with Crippen molar-refractivity contribution < 1.29 is 19.0 Å². The first kappa shape index (κ1) is 15.8. The Morgan fingerprint density at radius 3 is 2.86 bits per heavy atom. The van der Waals surface area contributed by atoms with Crippen molar-refractivity contribution >= 4 is 5.91 Å². The number of methoxy groups -OCH3 is 2. The summed E-state index contributed by atoms with van der Waals surface area (Å²) in [6.07, 6.45) is -0.103. The molecular weight excluding hydrogens is 270 g/mol. The SMILES string of the molecule is COC[C@H]1CN(C(=O)c2cccc(OC)c2)CC(C)(C)O1. The highest BCUT2D eigenvalue weighted by Gasteiger charge is 2.35. The predicted octanol–water partition coefficient (Wildman–Crippen LogP) is 1.96. The normalized spacial score (nSPS) is 21.1. The van der Waals surface area contributed by atoms with Crippen LogP contribution in [0.5, 0.6) is 5.75 Å². The van der Waals surface area contributed by atoms with Gasteiger partial charge in [-0.25, -0.2) is 0 Å². The standard InChI is InChI=1S/C16H23NO4/c1-16(2)11-17(9-14(21-16)10-19-3)15(18)12-6-5-7-13(8-12)20-4/h5-8,14H,9-11H2,1-4H3/t14-/m1/s1. The molecule has 5 nitrogen and oxygen atoms in total. The molecule has 1 amide bonds. The first-order valence-electron chi connectivity index (χ1n) is 7.05. The number of amides is 1. The molecule has 0 N–H and O–H groups in total. The molecule has 1 aromatic carbocycles. The molecule has 0 aliphatic carbocycles. The highest BCUT2D eigenvalue weighted by molar-refractivity contribution is 5.94. The van der Waals surface area contributed by atoms with Crippen molar-refractivity contribution in [3.63, 3.8) is 0 Å². The lowest BCUT2D eigenvalue weighted by atomic mass is 10.0. The molecule has 21 heavy (non-hydrogen) atoms. The molecule has 1 saturated heterocycles. The van der Waals surface area contributed by atoms with E-state index in [1.165, 1.54) is 0 Å². The Labute approximate surface area is 125 Å². The average molecular weight is 293 g/mol. The van der Waals surface area contributed by atoms with Crippen molar-refractivity contribution in [2.75, 3.05) is 33.9 Å². The van der Waals surface area contributed by atoms with E-state index in [0.717, 1.165) is 0 Å². The fourth-order valence-electron chi connectivity index (χ4n) is 2.66. The second-order valence-corrected chi connectivity index (χ2v) is 5.87.